The number of piperidine rings is 1. The summed E-state index contributed by atoms with van der Waals surface area (Å²) in [5.41, 5.74) is 3.39. The number of nitrogens with one attached hydrogen (secondary N) is 1. The van der Waals surface area contributed by atoms with E-state index in [2.05, 4.69) is 5.32 Å². The minimum Gasteiger partial charge on any atom is -0.355 e. The second kappa shape index (κ2) is 9.00. The van der Waals surface area contributed by atoms with Crippen LogP contribution in [0, 0.1) is 25.6 Å². The van der Waals surface area contributed by atoms with Crippen LogP contribution in [0.4, 0.5) is 4.39 Å². The lowest BCUT2D eigenvalue weighted by molar-refractivity contribution is -0.126. The number of hydrogen-bond acceptors (Lipinski definition) is 2. The first kappa shape index (κ1) is 20.1. The molecular weight excluding hydrogens is 355 g/mol. The van der Waals surface area contributed by atoms with Crippen LogP contribution in [-0.4, -0.2) is 36.3 Å². The van der Waals surface area contributed by atoms with Crippen molar-refractivity contribution >= 4 is 11.8 Å². The van der Waals surface area contributed by atoms with Gasteiger partial charge in [-0.1, -0.05) is 35.4 Å². The Morgan fingerprint density at radius 1 is 1.14 bits per heavy atom. The molecule has 0 spiro atoms. The molecule has 3 rings (SSSR count). The summed E-state index contributed by atoms with van der Waals surface area (Å²) in [6.07, 6.45) is 2.03. The van der Waals surface area contributed by atoms with Crippen molar-refractivity contribution in [3.63, 3.8) is 0 Å². The molecule has 1 aliphatic rings. The normalized spacial score (nSPS) is 16.7. The van der Waals surface area contributed by atoms with Crippen LogP contribution in [0.1, 0.15) is 39.9 Å². The zero-order chi connectivity index (χ0) is 20.1. The standard InChI is InChI=1S/C23H27FN2O2/c1-16-12-17(2)14-20(13-16)23(28)26-11-5-7-19(15-26)22(27)25-10-9-18-6-3-4-8-21(18)24/h3-4,6,8,12-14,19H,5,7,9-11,15H2,1-2H3,(H,25,27). The molecule has 0 aromatic heterocycles. The zero-order valence-corrected chi connectivity index (χ0v) is 16.5. The summed E-state index contributed by atoms with van der Waals surface area (Å²) in [5, 5.41) is 2.90. The second-order valence-electron chi connectivity index (χ2n) is 7.60. The van der Waals surface area contributed by atoms with Crippen molar-refractivity contribution in [3.8, 4) is 0 Å². The Labute approximate surface area is 165 Å². The minimum absolute atomic E-state index is 0.0179. The summed E-state index contributed by atoms with van der Waals surface area (Å²) < 4.78 is 13.7. The predicted molar refractivity (Wildman–Crippen MR) is 108 cm³/mol. The van der Waals surface area contributed by atoms with E-state index in [1.165, 1.54) is 6.07 Å². The van der Waals surface area contributed by atoms with E-state index in [1.54, 1.807) is 23.1 Å². The van der Waals surface area contributed by atoms with Gasteiger partial charge in [0.2, 0.25) is 5.91 Å². The largest absolute Gasteiger partial charge is 0.355 e. The van der Waals surface area contributed by atoms with Crippen LogP contribution >= 0.6 is 0 Å². The zero-order valence-electron chi connectivity index (χ0n) is 16.5. The summed E-state index contributed by atoms with van der Waals surface area (Å²) in [5.74, 6) is -0.547. The fraction of sp³-hybridized carbons (Fsp3) is 0.391. The van der Waals surface area contributed by atoms with Gasteiger partial charge < -0.3 is 10.2 Å². The Balaban J connectivity index is 1.55. The average molecular weight is 382 g/mol. The number of amides is 2. The number of carbonyl (C=O) groups is 2. The highest BCUT2D eigenvalue weighted by atomic mass is 19.1. The molecule has 1 atom stereocenters. The van der Waals surface area contributed by atoms with Crippen molar-refractivity contribution in [1.82, 2.24) is 10.2 Å². The molecule has 1 unspecified atom stereocenters. The summed E-state index contributed by atoms with van der Waals surface area (Å²) in [4.78, 5) is 27.2. The number of aryl methyl sites for hydroxylation is 2. The van der Waals surface area contributed by atoms with E-state index in [1.807, 2.05) is 32.0 Å². The van der Waals surface area contributed by atoms with Crippen LogP contribution in [0.2, 0.25) is 0 Å². The Morgan fingerprint density at radius 3 is 2.57 bits per heavy atom. The monoisotopic (exact) mass is 382 g/mol. The number of likely N-dealkylation sites (tertiary alicyclic amines) is 1. The molecule has 0 radical (unpaired) electrons. The molecule has 1 saturated heterocycles. The third kappa shape index (κ3) is 4.97. The Morgan fingerprint density at radius 2 is 1.86 bits per heavy atom. The molecule has 0 aliphatic carbocycles. The molecule has 4 nitrogen and oxygen atoms in total. The Hall–Kier alpha value is -2.69. The van der Waals surface area contributed by atoms with Crippen molar-refractivity contribution in [1.29, 1.82) is 0 Å². The maximum atomic E-state index is 13.7. The van der Waals surface area contributed by atoms with Gasteiger partial charge in [-0.25, -0.2) is 4.39 Å². The summed E-state index contributed by atoms with van der Waals surface area (Å²) in [7, 11) is 0. The van der Waals surface area contributed by atoms with Crippen LogP contribution in [0.15, 0.2) is 42.5 Å². The van der Waals surface area contributed by atoms with E-state index in [9.17, 15) is 14.0 Å². The Kier molecular flexibility index (Phi) is 6.45. The highest BCUT2D eigenvalue weighted by Gasteiger charge is 2.28. The number of halogens is 1. The molecule has 1 aliphatic heterocycles. The molecule has 1 N–H and O–H groups in total. The van der Waals surface area contributed by atoms with Gasteiger partial charge in [0.1, 0.15) is 5.82 Å². The molecule has 1 fully saturated rings. The van der Waals surface area contributed by atoms with Crippen molar-refractivity contribution < 1.29 is 14.0 Å². The maximum Gasteiger partial charge on any atom is 0.253 e. The van der Waals surface area contributed by atoms with Gasteiger partial charge in [-0.2, -0.15) is 0 Å². The van der Waals surface area contributed by atoms with Gasteiger partial charge in [0.05, 0.1) is 5.92 Å². The topological polar surface area (TPSA) is 49.4 Å². The van der Waals surface area contributed by atoms with Gasteiger partial charge in [0.15, 0.2) is 0 Å². The molecule has 2 amide bonds. The van der Waals surface area contributed by atoms with Gasteiger partial charge in [0, 0.05) is 25.2 Å². The predicted octanol–water partition coefficient (Wildman–Crippen LogP) is 3.65. The van der Waals surface area contributed by atoms with E-state index < -0.39 is 0 Å². The van der Waals surface area contributed by atoms with Crippen LogP contribution in [0.25, 0.3) is 0 Å². The van der Waals surface area contributed by atoms with Crippen LogP contribution in [0.5, 0.6) is 0 Å². The molecule has 5 heteroatoms. The first-order valence-corrected chi connectivity index (χ1v) is 9.82. The highest BCUT2D eigenvalue weighted by molar-refractivity contribution is 5.95. The molecule has 148 valence electrons. The molecule has 1 heterocycles. The first-order valence-electron chi connectivity index (χ1n) is 9.82. The lowest BCUT2D eigenvalue weighted by Crippen LogP contribution is -2.45. The number of benzene rings is 2. The third-order valence-electron chi connectivity index (χ3n) is 5.20. The number of carbonyl (C=O) groups excluding carboxylic acids is 2. The van der Waals surface area contributed by atoms with E-state index in [4.69, 9.17) is 0 Å². The number of hydrogen-bond donors (Lipinski definition) is 1. The molecular formula is C23H27FN2O2. The third-order valence-corrected chi connectivity index (χ3v) is 5.20. The van der Waals surface area contributed by atoms with Crippen molar-refractivity contribution in [3.05, 3.63) is 70.5 Å². The SMILES string of the molecule is Cc1cc(C)cc(C(=O)N2CCCC(C(=O)NCCc3ccccc3F)C2)c1. The number of nitrogens with zero attached hydrogens (tertiary/aromatic N) is 1. The first-order chi connectivity index (χ1) is 13.4. The molecule has 0 saturated carbocycles. The van der Waals surface area contributed by atoms with Gasteiger partial charge in [-0.3, -0.25) is 9.59 Å². The van der Waals surface area contributed by atoms with Crippen LogP contribution < -0.4 is 5.32 Å². The highest BCUT2D eigenvalue weighted by Crippen LogP contribution is 2.20. The minimum atomic E-state index is -0.250. The quantitative estimate of drug-likeness (QED) is 0.858. The van der Waals surface area contributed by atoms with E-state index in [0.29, 0.717) is 37.2 Å². The Bertz CT molecular complexity index is 845. The second-order valence-corrected chi connectivity index (χ2v) is 7.60. The lowest BCUT2D eigenvalue weighted by Gasteiger charge is -2.32. The lowest BCUT2D eigenvalue weighted by atomic mass is 9.96. The van der Waals surface area contributed by atoms with E-state index in [0.717, 1.165) is 24.0 Å². The van der Waals surface area contributed by atoms with Gasteiger partial charge in [0.25, 0.3) is 5.91 Å². The molecule has 2 aromatic rings. The van der Waals surface area contributed by atoms with Crippen LogP contribution in [-0.2, 0) is 11.2 Å². The van der Waals surface area contributed by atoms with Crippen LogP contribution in [0.3, 0.4) is 0 Å². The van der Waals surface area contributed by atoms with Gasteiger partial charge >= 0.3 is 0 Å². The average Bonchev–Trinajstić information content (AvgIpc) is 2.68. The smallest absolute Gasteiger partial charge is 0.253 e. The van der Waals surface area contributed by atoms with Crippen molar-refractivity contribution in [2.75, 3.05) is 19.6 Å². The van der Waals surface area contributed by atoms with Gasteiger partial charge in [-0.15, -0.1) is 0 Å². The summed E-state index contributed by atoms with van der Waals surface area (Å²) in [6.45, 7) is 5.45. The summed E-state index contributed by atoms with van der Waals surface area (Å²) in [6, 6.07) is 12.4. The van der Waals surface area contributed by atoms with Gasteiger partial charge in [-0.05, 0) is 56.9 Å². The fourth-order valence-corrected chi connectivity index (χ4v) is 3.82. The summed E-state index contributed by atoms with van der Waals surface area (Å²) >= 11 is 0. The maximum absolute atomic E-state index is 13.7. The van der Waals surface area contributed by atoms with E-state index >= 15 is 0 Å². The molecule has 28 heavy (non-hydrogen) atoms. The van der Waals surface area contributed by atoms with Crippen molar-refractivity contribution in [2.24, 2.45) is 5.92 Å². The fourth-order valence-electron chi connectivity index (χ4n) is 3.82. The van der Waals surface area contributed by atoms with E-state index in [-0.39, 0.29) is 23.5 Å². The molecule has 2 aromatic carbocycles. The van der Waals surface area contributed by atoms with Crippen molar-refractivity contribution in [2.45, 2.75) is 33.1 Å². The number of rotatable bonds is 5. The molecule has 0 bridgehead atoms.